The van der Waals surface area contributed by atoms with Crippen molar-refractivity contribution in [3.8, 4) is 0 Å². The molecule has 0 aliphatic heterocycles. The van der Waals surface area contributed by atoms with Gasteiger partial charge in [0.25, 0.3) is 0 Å². The predicted octanol–water partition coefficient (Wildman–Crippen LogP) is 2.60. The van der Waals surface area contributed by atoms with Gasteiger partial charge < -0.3 is 5.73 Å². The van der Waals surface area contributed by atoms with Gasteiger partial charge in [-0.05, 0) is 43.3 Å². The Kier molecular flexibility index (Phi) is 3.95. The van der Waals surface area contributed by atoms with Crippen LogP contribution in [0.1, 0.15) is 16.8 Å². The van der Waals surface area contributed by atoms with E-state index in [-0.39, 0.29) is 0 Å². The van der Waals surface area contributed by atoms with Gasteiger partial charge in [-0.15, -0.1) is 0 Å². The van der Waals surface area contributed by atoms with Crippen LogP contribution in [0.4, 0.5) is 5.69 Å². The fourth-order valence-electron chi connectivity index (χ4n) is 1.99. The summed E-state index contributed by atoms with van der Waals surface area (Å²) < 4.78 is 0. The number of anilines is 1. The Labute approximate surface area is 108 Å². The smallest absolute Gasteiger partial charge is 0.0543 e. The maximum Gasteiger partial charge on any atom is 0.0543 e. The number of hydrogen-bond donors (Lipinski definition) is 1. The Morgan fingerprint density at radius 1 is 1.11 bits per heavy atom. The molecule has 0 aliphatic rings. The van der Waals surface area contributed by atoms with Crippen molar-refractivity contribution < 1.29 is 0 Å². The first-order chi connectivity index (χ1) is 8.66. The first-order valence-electron chi connectivity index (χ1n) is 6.09. The lowest BCUT2D eigenvalue weighted by molar-refractivity contribution is 0.314. The molecule has 0 bridgehead atoms. The van der Waals surface area contributed by atoms with E-state index in [0.717, 1.165) is 24.5 Å². The third-order valence-corrected chi connectivity index (χ3v) is 3.09. The number of hydrogen-bond acceptors (Lipinski definition) is 3. The van der Waals surface area contributed by atoms with Gasteiger partial charge in [0, 0.05) is 25.0 Å². The lowest BCUT2D eigenvalue weighted by atomic mass is 10.1. The average Bonchev–Trinajstić information content (AvgIpc) is 2.36. The summed E-state index contributed by atoms with van der Waals surface area (Å²) in [6, 6.07) is 12.1. The van der Waals surface area contributed by atoms with E-state index < -0.39 is 0 Å². The van der Waals surface area contributed by atoms with Crippen molar-refractivity contribution >= 4 is 5.69 Å². The van der Waals surface area contributed by atoms with Crippen LogP contribution in [0.2, 0.25) is 0 Å². The maximum absolute atomic E-state index is 5.92. The van der Waals surface area contributed by atoms with Gasteiger partial charge in [-0.2, -0.15) is 0 Å². The third kappa shape index (κ3) is 3.08. The zero-order chi connectivity index (χ0) is 13.0. The highest BCUT2D eigenvalue weighted by Gasteiger charge is 2.06. The van der Waals surface area contributed by atoms with Crippen LogP contribution in [-0.2, 0) is 13.1 Å². The highest BCUT2D eigenvalue weighted by molar-refractivity contribution is 5.49. The van der Waals surface area contributed by atoms with Gasteiger partial charge in [0.15, 0.2) is 0 Å². The molecule has 0 amide bonds. The molecular weight excluding hydrogens is 222 g/mol. The van der Waals surface area contributed by atoms with Crippen LogP contribution < -0.4 is 5.73 Å². The molecule has 3 nitrogen and oxygen atoms in total. The molecule has 0 unspecified atom stereocenters. The molecule has 3 heteroatoms. The molecule has 2 aromatic rings. The van der Waals surface area contributed by atoms with Crippen molar-refractivity contribution in [1.29, 1.82) is 0 Å². The van der Waals surface area contributed by atoms with E-state index >= 15 is 0 Å². The topological polar surface area (TPSA) is 42.1 Å². The molecule has 0 radical (unpaired) electrons. The van der Waals surface area contributed by atoms with Crippen LogP contribution in [0.5, 0.6) is 0 Å². The van der Waals surface area contributed by atoms with Crippen LogP contribution in [0.3, 0.4) is 0 Å². The predicted molar refractivity (Wildman–Crippen MR) is 75.0 cm³/mol. The number of nitrogens with two attached hydrogens (primary N) is 1. The molecule has 2 N–H and O–H groups in total. The summed E-state index contributed by atoms with van der Waals surface area (Å²) in [4.78, 5) is 6.57. The Morgan fingerprint density at radius 3 is 2.67 bits per heavy atom. The summed E-state index contributed by atoms with van der Waals surface area (Å²) in [6.07, 6.45) is 1.83. The van der Waals surface area contributed by atoms with Crippen molar-refractivity contribution in [3.63, 3.8) is 0 Å². The highest BCUT2D eigenvalue weighted by atomic mass is 15.1. The van der Waals surface area contributed by atoms with Gasteiger partial charge in [0.1, 0.15) is 0 Å². The van der Waals surface area contributed by atoms with Crippen molar-refractivity contribution in [2.75, 3.05) is 12.8 Å². The molecule has 1 aromatic carbocycles. The quantitative estimate of drug-likeness (QED) is 0.837. The molecule has 1 heterocycles. The van der Waals surface area contributed by atoms with Gasteiger partial charge in [0.2, 0.25) is 0 Å². The van der Waals surface area contributed by atoms with Gasteiger partial charge in [-0.1, -0.05) is 18.2 Å². The molecule has 0 saturated carbocycles. The molecule has 0 spiro atoms. The third-order valence-electron chi connectivity index (χ3n) is 3.09. The Bertz CT molecular complexity index is 508. The Balaban J connectivity index is 2.03. The SMILES string of the molecule is Cc1c(N)cccc1CN(C)Cc1ccccn1. The summed E-state index contributed by atoms with van der Waals surface area (Å²) in [5.41, 5.74) is 10.3. The van der Waals surface area contributed by atoms with Crippen molar-refractivity contribution in [2.24, 2.45) is 0 Å². The molecule has 0 atom stereocenters. The molecule has 94 valence electrons. The second-order valence-corrected chi connectivity index (χ2v) is 4.62. The molecule has 1 aromatic heterocycles. The summed E-state index contributed by atoms with van der Waals surface area (Å²) in [5.74, 6) is 0. The van der Waals surface area contributed by atoms with Crippen LogP contribution in [0.25, 0.3) is 0 Å². The first kappa shape index (κ1) is 12.6. The molecule has 0 saturated heterocycles. The number of pyridine rings is 1. The van der Waals surface area contributed by atoms with Crippen LogP contribution in [0, 0.1) is 6.92 Å². The van der Waals surface area contributed by atoms with E-state index in [1.165, 1.54) is 11.1 Å². The number of nitrogen functional groups attached to an aromatic ring is 1. The average molecular weight is 241 g/mol. The highest BCUT2D eigenvalue weighted by Crippen LogP contribution is 2.17. The minimum atomic E-state index is 0.842. The summed E-state index contributed by atoms with van der Waals surface area (Å²) in [5, 5.41) is 0. The fraction of sp³-hybridized carbons (Fsp3) is 0.267. The molecule has 18 heavy (non-hydrogen) atoms. The van der Waals surface area contributed by atoms with Crippen LogP contribution in [0.15, 0.2) is 42.6 Å². The zero-order valence-electron chi connectivity index (χ0n) is 10.9. The molecule has 0 fully saturated rings. The number of benzene rings is 1. The first-order valence-corrected chi connectivity index (χ1v) is 6.09. The van der Waals surface area contributed by atoms with Crippen molar-refractivity contribution in [2.45, 2.75) is 20.0 Å². The standard InChI is InChI=1S/C15H19N3/c1-12-13(6-5-8-15(12)16)10-18(2)11-14-7-3-4-9-17-14/h3-9H,10-11,16H2,1-2H3. The monoisotopic (exact) mass is 241 g/mol. The van der Waals surface area contributed by atoms with Crippen LogP contribution in [-0.4, -0.2) is 16.9 Å². The summed E-state index contributed by atoms with van der Waals surface area (Å²) >= 11 is 0. The van der Waals surface area contributed by atoms with Crippen LogP contribution >= 0.6 is 0 Å². The summed E-state index contributed by atoms with van der Waals surface area (Å²) in [7, 11) is 2.09. The fourth-order valence-corrected chi connectivity index (χ4v) is 1.99. The zero-order valence-corrected chi connectivity index (χ0v) is 10.9. The maximum atomic E-state index is 5.92. The summed E-state index contributed by atoms with van der Waals surface area (Å²) in [6.45, 7) is 3.79. The number of aromatic nitrogens is 1. The molecule has 0 aliphatic carbocycles. The lowest BCUT2D eigenvalue weighted by Gasteiger charge is -2.18. The Morgan fingerprint density at radius 2 is 1.94 bits per heavy atom. The lowest BCUT2D eigenvalue weighted by Crippen LogP contribution is -2.18. The van der Waals surface area contributed by atoms with E-state index in [2.05, 4.69) is 29.9 Å². The van der Waals surface area contributed by atoms with E-state index in [0.29, 0.717) is 0 Å². The number of rotatable bonds is 4. The second kappa shape index (κ2) is 5.65. The largest absolute Gasteiger partial charge is 0.399 e. The second-order valence-electron chi connectivity index (χ2n) is 4.62. The van der Waals surface area contributed by atoms with E-state index in [4.69, 9.17) is 5.73 Å². The van der Waals surface area contributed by atoms with Gasteiger partial charge >= 0.3 is 0 Å². The van der Waals surface area contributed by atoms with Crippen molar-refractivity contribution in [1.82, 2.24) is 9.88 Å². The Hall–Kier alpha value is -1.87. The normalized spacial score (nSPS) is 10.8. The van der Waals surface area contributed by atoms with Gasteiger partial charge in [-0.3, -0.25) is 9.88 Å². The molecule has 2 rings (SSSR count). The van der Waals surface area contributed by atoms with E-state index in [1.807, 2.05) is 36.5 Å². The minimum absolute atomic E-state index is 0.842. The van der Waals surface area contributed by atoms with Crippen molar-refractivity contribution in [3.05, 3.63) is 59.4 Å². The van der Waals surface area contributed by atoms with E-state index in [9.17, 15) is 0 Å². The number of nitrogens with zero attached hydrogens (tertiary/aromatic N) is 2. The van der Waals surface area contributed by atoms with Gasteiger partial charge in [-0.25, -0.2) is 0 Å². The van der Waals surface area contributed by atoms with E-state index in [1.54, 1.807) is 0 Å². The molecular formula is C15H19N3. The minimum Gasteiger partial charge on any atom is -0.399 e. The van der Waals surface area contributed by atoms with Gasteiger partial charge in [0.05, 0.1) is 5.69 Å².